The van der Waals surface area contributed by atoms with Crippen molar-refractivity contribution >= 4 is 23.0 Å². The first kappa shape index (κ1) is 21.6. The van der Waals surface area contributed by atoms with Crippen molar-refractivity contribution in [3.05, 3.63) is 0 Å². The van der Waals surface area contributed by atoms with Gasteiger partial charge < -0.3 is 18.6 Å². The Morgan fingerprint density at radius 2 is 1.77 bits per heavy atom. The molecule has 0 rings (SSSR count). The van der Waals surface area contributed by atoms with Crippen molar-refractivity contribution in [1.29, 1.82) is 0 Å². The summed E-state index contributed by atoms with van der Waals surface area (Å²) in [6, 6.07) is 0.954. The molecule has 0 aromatic heterocycles. The molecule has 0 bridgehead atoms. The van der Waals surface area contributed by atoms with Crippen LogP contribution < -0.4 is 5.32 Å². The molecule has 2 atom stereocenters. The van der Waals surface area contributed by atoms with Crippen LogP contribution in [0.5, 0.6) is 0 Å². The van der Waals surface area contributed by atoms with Crippen LogP contribution >= 0.6 is 0 Å². The summed E-state index contributed by atoms with van der Waals surface area (Å²) in [5.74, 6) is 0. The van der Waals surface area contributed by atoms with Gasteiger partial charge in [0.15, 0.2) is 0 Å². The summed E-state index contributed by atoms with van der Waals surface area (Å²) in [6.45, 7) is 15.7. The molecule has 0 saturated heterocycles. The van der Waals surface area contributed by atoms with E-state index in [4.69, 9.17) is 13.3 Å². The molecule has 2 unspecified atom stereocenters. The van der Waals surface area contributed by atoms with Gasteiger partial charge in [-0.05, 0) is 65.3 Å². The zero-order chi connectivity index (χ0) is 17.2. The van der Waals surface area contributed by atoms with E-state index in [1.54, 1.807) is 0 Å². The molecule has 132 valence electrons. The molecular formula is C15H35NO4Si2. The molecule has 0 heterocycles. The molecule has 5 nitrogen and oxygen atoms in total. The van der Waals surface area contributed by atoms with Gasteiger partial charge in [-0.3, -0.25) is 0 Å². The van der Waals surface area contributed by atoms with E-state index in [9.17, 15) is 4.79 Å². The highest BCUT2D eigenvalue weighted by Crippen LogP contribution is 2.20. The number of carbonyl (C=O) groups is 1. The third-order valence-corrected chi connectivity index (χ3v) is 7.06. The lowest BCUT2D eigenvalue weighted by Crippen LogP contribution is -2.41. The van der Waals surface area contributed by atoms with E-state index in [1.165, 1.54) is 0 Å². The molecule has 0 aliphatic heterocycles. The Labute approximate surface area is 138 Å². The lowest BCUT2D eigenvalue weighted by atomic mass is 10.3. The summed E-state index contributed by atoms with van der Waals surface area (Å²) < 4.78 is 17.4. The molecule has 0 spiro atoms. The first-order valence-corrected chi connectivity index (χ1v) is 14.3. The smallest absolute Gasteiger partial charge is 0.393 e. The van der Waals surface area contributed by atoms with Gasteiger partial charge in [0.25, 0.3) is 0 Å². The monoisotopic (exact) mass is 349 g/mol. The van der Waals surface area contributed by atoms with E-state index < -0.39 is 16.9 Å². The normalized spacial score (nSPS) is 16.0. The summed E-state index contributed by atoms with van der Waals surface area (Å²) >= 11 is 0. The Bertz CT molecular complexity index is 323. The van der Waals surface area contributed by atoms with E-state index in [-0.39, 0.29) is 12.2 Å². The zero-order valence-corrected chi connectivity index (χ0v) is 17.5. The second-order valence-corrected chi connectivity index (χ2v) is 14.5. The maximum absolute atomic E-state index is 11.6. The fourth-order valence-corrected chi connectivity index (χ4v) is 5.53. The van der Waals surface area contributed by atoms with Gasteiger partial charge in [0.2, 0.25) is 8.32 Å². The lowest BCUT2D eigenvalue weighted by Gasteiger charge is -2.29. The van der Waals surface area contributed by atoms with Gasteiger partial charge >= 0.3 is 14.7 Å². The molecule has 0 fully saturated rings. The number of hydrogen-bond donors (Lipinski definition) is 1. The van der Waals surface area contributed by atoms with Crippen molar-refractivity contribution in [3.63, 3.8) is 0 Å². The van der Waals surface area contributed by atoms with Crippen molar-refractivity contribution in [2.45, 2.75) is 78.4 Å². The molecule has 0 radical (unpaired) electrons. The van der Waals surface area contributed by atoms with Gasteiger partial charge in [0.05, 0.1) is 0 Å². The minimum Gasteiger partial charge on any atom is -0.504 e. The van der Waals surface area contributed by atoms with Gasteiger partial charge in [-0.1, -0.05) is 6.92 Å². The van der Waals surface area contributed by atoms with Crippen LogP contribution in [0.25, 0.3) is 0 Å². The van der Waals surface area contributed by atoms with E-state index in [0.29, 0.717) is 13.2 Å². The predicted molar refractivity (Wildman–Crippen MR) is 96.0 cm³/mol. The van der Waals surface area contributed by atoms with Crippen molar-refractivity contribution in [2.24, 2.45) is 0 Å². The summed E-state index contributed by atoms with van der Waals surface area (Å²) in [5.41, 5.74) is 0. The molecule has 0 aliphatic carbocycles. The molecule has 22 heavy (non-hydrogen) atoms. The van der Waals surface area contributed by atoms with Crippen molar-refractivity contribution in [2.75, 3.05) is 13.2 Å². The van der Waals surface area contributed by atoms with Crippen LogP contribution in [-0.4, -0.2) is 42.2 Å². The number of carbonyl (C=O) groups excluding carboxylic acids is 1. The van der Waals surface area contributed by atoms with Crippen LogP contribution in [0.1, 0.15) is 40.0 Å². The van der Waals surface area contributed by atoms with E-state index in [2.05, 4.69) is 25.7 Å². The summed E-state index contributed by atoms with van der Waals surface area (Å²) in [5, 5.41) is 2.82. The van der Waals surface area contributed by atoms with Gasteiger partial charge in [-0.15, -0.1) is 0 Å². The molecule has 0 saturated carbocycles. The van der Waals surface area contributed by atoms with Crippen LogP contribution in [0.4, 0.5) is 4.79 Å². The van der Waals surface area contributed by atoms with Gasteiger partial charge in [0, 0.05) is 19.3 Å². The first-order valence-electron chi connectivity index (χ1n) is 8.40. The largest absolute Gasteiger partial charge is 0.504 e. The fraction of sp³-hybridized carbons (Fsp3) is 0.933. The van der Waals surface area contributed by atoms with E-state index in [0.717, 1.165) is 25.3 Å². The highest BCUT2D eigenvalue weighted by molar-refractivity contribution is 6.71. The summed E-state index contributed by atoms with van der Waals surface area (Å²) in [6.07, 6.45) is 2.86. The highest BCUT2D eigenvalue weighted by atomic mass is 28.4. The molecule has 0 aromatic carbocycles. The highest BCUT2D eigenvalue weighted by Gasteiger charge is 2.32. The average Bonchev–Trinajstić information content (AvgIpc) is 2.36. The average molecular weight is 350 g/mol. The van der Waals surface area contributed by atoms with Crippen LogP contribution in [0.2, 0.25) is 32.2 Å². The Morgan fingerprint density at radius 3 is 2.27 bits per heavy atom. The Balaban J connectivity index is 4.01. The number of amides is 1. The minimum absolute atomic E-state index is 0.244. The van der Waals surface area contributed by atoms with Crippen LogP contribution in [-0.2, 0) is 13.3 Å². The molecule has 1 N–H and O–H groups in total. The van der Waals surface area contributed by atoms with Crippen molar-refractivity contribution < 1.29 is 18.1 Å². The summed E-state index contributed by atoms with van der Waals surface area (Å²) in [4.78, 5) is 11.6. The van der Waals surface area contributed by atoms with E-state index in [1.807, 2.05) is 26.6 Å². The number of nitrogens with one attached hydrogen (secondary N) is 1. The Morgan fingerprint density at radius 1 is 1.14 bits per heavy atom. The lowest BCUT2D eigenvalue weighted by molar-refractivity contribution is 0.127. The number of rotatable bonds is 11. The second kappa shape index (κ2) is 10.4. The topological polar surface area (TPSA) is 56.8 Å². The molecular weight excluding hydrogens is 314 g/mol. The van der Waals surface area contributed by atoms with Crippen LogP contribution in [0.3, 0.4) is 0 Å². The zero-order valence-electron chi connectivity index (χ0n) is 15.5. The Hall–Kier alpha value is -0.376. The quantitative estimate of drug-likeness (QED) is 0.447. The van der Waals surface area contributed by atoms with Gasteiger partial charge in [-0.2, -0.15) is 0 Å². The van der Waals surface area contributed by atoms with Crippen LogP contribution in [0, 0.1) is 0 Å². The fourth-order valence-electron chi connectivity index (χ4n) is 2.06. The maximum Gasteiger partial charge on any atom is 0.393 e. The van der Waals surface area contributed by atoms with Gasteiger partial charge in [0.1, 0.15) is 0 Å². The molecule has 7 heteroatoms. The molecule has 1 amide bonds. The minimum atomic E-state index is -2.09. The maximum atomic E-state index is 11.6. The molecule has 0 aliphatic rings. The second-order valence-electron chi connectivity index (χ2n) is 6.79. The van der Waals surface area contributed by atoms with Crippen molar-refractivity contribution in [3.8, 4) is 0 Å². The van der Waals surface area contributed by atoms with Crippen molar-refractivity contribution in [1.82, 2.24) is 5.32 Å². The third kappa shape index (κ3) is 11.2. The standard InChI is InChI=1S/C15H35NO4Si2/c1-8-14(3)19-22(7,18-9-2)13-11-10-12-16-15(17)20-21(4,5)6/h14H,8-13H2,1-7H3,(H,16,17). The van der Waals surface area contributed by atoms with E-state index >= 15 is 0 Å². The number of hydrogen-bond acceptors (Lipinski definition) is 4. The third-order valence-electron chi connectivity index (χ3n) is 3.20. The summed E-state index contributed by atoms with van der Waals surface area (Å²) in [7, 11) is -3.88. The van der Waals surface area contributed by atoms with Crippen LogP contribution in [0.15, 0.2) is 0 Å². The molecule has 0 aromatic rings. The first-order chi connectivity index (χ1) is 10.1. The predicted octanol–water partition coefficient (Wildman–Crippen LogP) is 4.25. The SMILES string of the molecule is CCO[Si](C)(CCCCNC(=O)O[Si](C)(C)C)OC(C)CC. The van der Waals surface area contributed by atoms with Gasteiger partial charge in [-0.25, -0.2) is 4.79 Å². The Kier molecular flexibility index (Phi) is 10.2. The number of unbranched alkanes of at least 4 members (excludes halogenated alkanes) is 1.